The molecule has 0 spiro atoms. The van der Waals surface area contributed by atoms with E-state index in [0.29, 0.717) is 6.04 Å². The van der Waals surface area contributed by atoms with E-state index in [2.05, 4.69) is 96.3 Å². The van der Waals surface area contributed by atoms with E-state index >= 15 is 0 Å². The lowest BCUT2D eigenvalue weighted by Crippen LogP contribution is -2.28. The molecule has 0 amide bonds. The summed E-state index contributed by atoms with van der Waals surface area (Å²) in [6.45, 7) is 7.64. The summed E-state index contributed by atoms with van der Waals surface area (Å²) in [5.41, 5.74) is 6.62. The Bertz CT molecular complexity index is 906. The van der Waals surface area contributed by atoms with Crippen LogP contribution in [0.4, 0.5) is 0 Å². The highest BCUT2D eigenvalue weighted by Gasteiger charge is 2.22. The molecule has 3 aromatic carbocycles. The topological polar surface area (TPSA) is 15.3 Å². The van der Waals surface area contributed by atoms with Crippen molar-refractivity contribution in [1.29, 1.82) is 0 Å². The number of hydrogen-bond acceptors (Lipinski definition) is 3. The van der Waals surface area contributed by atoms with Crippen molar-refractivity contribution in [2.45, 2.75) is 37.8 Å². The van der Waals surface area contributed by atoms with Crippen LogP contribution in [0, 0.1) is 13.8 Å². The van der Waals surface area contributed by atoms with Crippen LogP contribution in [0.2, 0.25) is 0 Å². The molecule has 0 saturated carbocycles. The SMILES string of the molecule is Cc1ccc(C)c(SNC2CCN(Cc3ccc(-c4ccccc4)cc3)C2)c1. The monoisotopic (exact) mass is 388 g/mol. The van der Waals surface area contributed by atoms with Crippen LogP contribution in [0.15, 0.2) is 77.7 Å². The molecule has 1 fully saturated rings. The van der Waals surface area contributed by atoms with Crippen LogP contribution in [-0.4, -0.2) is 24.0 Å². The average molecular weight is 389 g/mol. The number of hydrogen-bond donors (Lipinski definition) is 1. The molecule has 1 saturated heterocycles. The Morgan fingerprint density at radius 1 is 0.929 bits per heavy atom. The van der Waals surface area contributed by atoms with Crippen LogP contribution in [0.1, 0.15) is 23.1 Å². The lowest BCUT2D eigenvalue weighted by atomic mass is 10.0. The van der Waals surface area contributed by atoms with E-state index in [9.17, 15) is 0 Å². The number of rotatable bonds is 6. The Morgan fingerprint density at radius 2 is 1.68 bits per heavy atom. The smallest absolute Gasteiger partial charge is 0.0314 e. The number of aryl methyl sites for hydroxylation is 2. The number of likely N-dealkylation sites (tertiary alicyclic amines) is 1. The second kappa shape index (κ2) is 8.95. The van der Waals surface area contributed by atoms with E-state index in [1.54, 1.807) is 11.9 Å². The third-order valence-electron chi connectivity index (χ3n) is 5.42. The maximum Gasteiger partial charge on any atom is 0.0314 e. The zero-order chi connectivity index (χ0) is 19.3. The summed E-state index contributed by atoms with van der Waals surface area (Å²) < 4.78 is 3.69. The highest BCUT2D eigenvalue weighted by Crippen LogP contribution is 2.24. The molecule has 4 rings (SSSR count). The minimum atomic E-state index is 0.550. The summed E-state index contributed by atoms with van der Waals surface area (Å²) in [5.74, 6) is 0. The minimum absolute atomic E-state index is 0.550. The molecule has 2 nitrogen and oxygen atoms in total. The van der Waals surface area contributed by atoms with Gasteiger partial charge in [0.25, 0.3) is 0 Å². The lowest BCUT2D eigenvalue weighted by Gasteiger charge is -2.17. The first kappa shape index (κ1) is 19.3. The summed E-state index contributed by atoms with van der Waals surface area (Å²) in [4.78, 5) is 3.90. The molecular formula is C25H28N2S. The average Bonchev–Trinajstić information content (AvgIpc) is 3.17. The highest BCUT2D eigenvalue weighted by molar-refractivity contribution is 7.97. The first-order chi connectivity index (χ1) is 13.7. The van der Waals surface area contributed by atoms with Gasteiger partial charge in [-0.15, -0.1) is 0 Å². The third kappa shape index (κ3) is 4.85. The molecule has 1 aliphatic rings. The van der Waals surface area contributed by atoms with Crippen molar-refractivity contribution in [2.75, 3.05) is 13.1 Å². The molecule has 3 heteroatoms. The van der Waals surface area contributed by atoms with Gasteiger partial charge in [0.1, 0.15) is 0 Å². The maximum absolute atomic E-state index is 3.69. The summed E-state index contributed by atoms with van der Waals surface area (Å²) >= 11 is 1.79. The minimum Gasteiger partial charge on any atom is -0.297 e. The Kier molecular flexibility index (Phi) is 6.16. The molecular weight excluding hydrogens is 360 g/mol. The van der Waals surface area contributed by atoms with Crippen molar-refractivity contribution in [2.24, 2.45) is 0 Å². The second-order valence-electron chi connectivity index (χ2n) is 7.77. The van der Waals surface area contributed by atoms with Crippen LogP contribution >= 0.6 is 11.9 Å². The summed E-state index contributed by atoms with van der Waals surface area (Å²) in [7, 11) is 0. The fourth-order valence-electron chi connectivity index (χ4n) is 3.73. The van der Waals surface area contributed by atoms with Crippen LogP contribution in [0.5, 0.6) is 0 Å². The van der Waals surface area contributed by atoms with Gasteiger partial charge in [-0.3, -0.25) is 9.62 Å². The molecule has 1 unspecified atom stereocenters. The largest absolute Gasteiger partial charge is 0.297 e. The number of nitrogens with zero attached hydrogens (tertiary/aromatic N) is 1. The van der Waals surface area contributed by atoms with Gasteiger partial charge in [0.15, 0.2) is 0 Å². The van der Waals surface area contributed by atoms with E-state index < -0.39 is 0 Å². The van der Waals surface area contributed by atoms with Crippen molar-refractivity contribution >= 4 is 11.9 Å². The van der Waals surface area contributed by atoms with Gasteiger partial charge in [-0.1, -0.05) is 66.7 Å². The molecule has 1 heterocycles. The Morgan fingerprint density at radius 3 is 2.46 bits per heavy atom. The molecule has 144 valence electrons. The Hall–Kier alpha value is -2.07. The molecule has 28 heavy (non-hydrogen) atoms. The molecule has 1 atom stereocenters. The first-order valence-electron chi connectivity index (χ1n) is 10.0. The van der Waals surface area contributed by atoms with E-state index in [0.717, 1.165) is 19.6 Å². The van der Waals surface area contributed by atoms with Gasteiger partial charge < -0.3 is 0 Å². The van der Waals surface area contributed by atoms with Gasteiger partial charge in [-0.2, -0.15) is 0 Å². The van der Waals surface area contributed by atoms with Gasteiger partial charge >= 0.3 is 0 Å². The summed E-state index contributed by atoms with van der Waals surface area (Å²) in [5, 5.41) is 0. The van der Waals surface area contributed by atoms with Crippen LogP contribution in [0.3, 0.4) is 0 Å². The van der Waals surface area contributed by atoms with Gasteiger partial charge in [0.2, 0.25) is 0 Å². The summed E-state index contributed by atoms with van der Waals surface area (Å²) in [6, 6.07) is 26.8. The van der Waals surface area contributed by atoms with Crippen LogP contribution in [-0.2, 0) is 6.54 Å². The zero-order valence-electron chi connectivity index (χ0n) is 16.7. The van der Waals surface area contributed by atoms with Gasteiger partial charge in [-0.25, -0.2) is 0 Å². The van der Waals surface area contributed by atoms with Gasteiger partial charge in [0, 0.05) is 30.6 Å². The summed E-state index contributed by atoms with van der Waals surface area (Å²) in [6.07, 6.45) is 1.21. The predicted octanol–water partition coefficient (Wildman–Crippen LogP) is 5.84. The van der Waals surface area contributed by atoms with E-state index in [1.807, 2.05) is 0 Å². The zero-order valence-corrected chi connectivity index (χ0v) is 17.5. The molecule has 1 N–H and O–H groups in total. The third-order valence-corrected chi connectivity index (χ3v) is 6.53. The van der Waals surface area contributed by atoms with Gasteiger partial charge in [-0.05, 0) is 66.1 Å². The second-order valence-corrected chi connectivity index (χ2v) is 8.65. The molecule has 0 aromatic heterocycles. The fraction of sp³-hybridized carbons (Fsp3) is 0.280. The molecule has 3 aromatic rings. The molecule has 0 bridgehead atoms. The van der Waals surface area contributed by atoms with E-state index in [-0.39, 0.29) is 0 Å². The quantitative estimate of drug-likeness (QED) is 0.534. The molecule has 1 aliphatic heterocycles. The van der Waals surface area contributed by atoms with Crippen molar-refractivity contribution in [1.82, 2.24) is 9.62 Å². The number of nitrogens with one attached hydrogen (secondary N) is 1. The normalized spacial score (nSPS) is 17.1. The van der Waals surface area contributed by atoms with Crippen molar-refractivity contribution in [3.05, 3.63) is 89.5 Å². The Labute approximate surface area is 173 Å². The lowest BCUT2D eigenvalue weighted by molar-refractivity contribution is 0.325. The van der Waals surface area contributed by atoms with Crippen molar-refractivity contribution in [3.8, 4) is 11.1 Å². The van der Waals surface area contributed by atoms with Crippen LogP contribution in [0.25, 0.3) is 11.1 Å². The van der Waals surface area contributed by atoms with E-state index in [4.69, 9.17) is 0 Å². The highest BCUT2D eigenvalue weighted by atomic mass is 32.2. The molecule has 0 radical (unpaired) electrons. The van der Waals surface area contributed by atoms with Crippen molar-refractivity contribution in [3.63, 3.8) is 0 Å². The fourth-order valence-corrected chi connectivity index (χ4v) is 4.69. The van der Waals surface area contributed by atoms with Gasteiger partial charge in [0.05, 0.1) is 0 Å². The standard InChI is InChI=1S/C25H28N2S/c1-19-8-9-20(2)25(16-19)28-26-24-14-15-27(18-24)17-21-10-12-23(13-11-21)22-6-4-3-5-7-22/h3-13,16,24,26H,14-15,17-18H2,1-2H3. The first-order valence-corrected chi connectivity index (χ1v) is 10.9. The number of benzene rings is 3. The van der Waals surface area contributed by atoms with Crippen LogP contribution < -0.4 is 4.72 Å². The Balaban J connectivity index is 1.29. The molecule has 0 aliphatic carbocycles. The van der Waals surface area contributed by atoms with Crippen molar-refractivity contribution < 1.29 is 0 Å². The van der Waals surface area contributed by atoms with E-state index in [1.165, 1.54) is 39.1 Å². The predicted molar refractivity (Wildman–Crippen MR) is 120 cm³/mol. The maximum atomic E-state index is 3.69.